The van der Waals surface area contributed by atoms with E-state index < -0.39 is 23.1 Å². The molecule has 4 rings (SSSR count). The second kappa shape index (κ2) is 7.05. The number of carbonyl (C=O) groups excluding carboxylic acids is 1. The fourth-order valence-corrected chi connectivity index (χ4v) is 3.53. The number of nitrogens with zero attached hydrogens (tertiary/aromatic N) is 4. The minimum absolute atomic E-state index is 0.204. The predicted molar refractivity (Wildman–Crippen MR) is 104 cm³/mol. The molecule has 2 heterocycles. The van der Waals surface area contributed by atoms with Crippen LogP contribution in [0, 0.1) is 0 Å². The van der Waals surface area contributed by atoms with Gasteiger partial charge in [-0.25, -0.2) is 4.68 Å². The van der Waals surface area contributed by atoms with Gasteiger partial charge < -0.3 is 4.90 Å². The summed E-state index contributed by atoms with van der Waals surface area (Å²) in [5, 5.41) is 6.38. The summed E-state index contributed by atoms with van der Waals surface area (Å²) >= 11 is 6.21. The summed E-state index contributed by atoms with van der Waals surface area (Å²) in [6.07, 6.45) is -0.226. The van der Waals surface area contributed by atoms with Crippen molar-refractivity contribution < 1.29 is 18.0 Å². The van der Waals surface area contributed by atoms with Crippen molar-refractivity contribution in [3.63, 3.8) is 0 Å². The third kappa shape index (κ3) is 3.51. The van der Waals surface area contributed by atoms with Gasteiger partial charge in [-0.1, -0.05) is 17.7 Å². The summed E-state index contributed by atoms with van der Waals surface area (Å²) < 4.78 is 42.0. The second-order valence-electron chi connectivity index (χ2n) is 7.21. The van der Waals surface area contributed by atoms with Gasteiger partial charge in [-0.3, -0.25) is 19.4 Å². The molecule has 1 fully saturated rings. The maximum absolute atomic E-state index is 13.3. The van der Waals surface area contributed by atoms with Crippen molar-refractivity contribution in [3.8, 4) is 16.9 Å². The van der Waals surface area contributed by atoms with Crippen molar-refractivity contribution in [2.24, 2.45) is 7.05 Å². The van der Waals surface area contributed by atoms with Gasteiger partial charge in [-0.15, -0.1) is 0 Å². The lowest BCUT2D eigenvalue weighted by Gasteiger charge is -2.17. The lowest BCUT2D eigenvalue weighted by atomic mass is 10.1. The van der Waals surface area contributed by atoms with Gasteiger partial charge in [0, 0.05) is 31.9 Å². The number of hydrogen-bond donors (Lipinski definition) is 1. The molecule has 0 bridgehead atoms. The first-order valence-electron chi connectivity index (χ1n) is 9.06. The maximum atomic E-state index is 13.3. The van der Waals surface area contributed by atoms with E-state index in [0.717, 1.165) is 22.2 Å². The summed E-state index contributed by atoms with van der Waals surface area (Å²) in [4.78, 5) is 26.1. The number of halogens is 4. The van der Waals surface area contributed by atoms with Gasteiger partial charge in [-0.05, 0) is 30.5 Å². The summed E-state index contributed by atoms with van der Waals surface area (Å²) in [5.74, 6) is -0.651. The van der Waals surface area contributed by atoms with Crippen LogP contribution in [0.15, 0.2) is 35.4 Å². The highest BCUT2D eigenvalue weighted by Gasteiger charge is 2.40. The van der Waals surface area contributed by atoms with Gasteiger partial charge in [0.1, 0.15) is 0 Å². The molecule has 11 heteroatoms. The zero-order valence-corrected chi connectivity index (χ0v) is 16.8. The van der Waals surface area contributed by atoms with Crippen LogP contribution in [0.1, 0.15) is 28.8 Å². The smallest absolute Gasteiger partial charge is 0.339 e. The van der Waals surface area contributed by atoms with E-state index in [1.54, 1.807) is 30.1 Å². The highest BCUT2D eigenvalue weighted by molar-refractivity contribution is 6.34. The molecular formula is C19H17ClF3N5O2. The van der Waals surface area contributed by atoms with Crippen LogP contribution in [0.3, 0.4) is 0 Å². The van der Waals surface area contributed by atoms with Gasteiger partial charge in [0.15, 0.2) is 11.4 Å². The Hall–Kier alpha value is -3.01. The zero-order valence-electron chi connectivity index (χ0n) is 16.0. The lowest BCUT2D eigenvalue weighted by molar-refractivity contribution is -0.138. The molecule has 1 aliphatic rings. The maximum Gasteiger partial charge on any atom is 0.425 e. The van der Waals surface area contributed by atoms with Crippen LogP contribution in [-0.2, 0) is 13.2 Å². The quantitative estimate of drug-likeness (QED) is 0.676. The molecule has 158 valence electrons. The molecule has 1 aromatic carbocycles. The standard InChI is InChI=1S/C19H17ClF3N5O2/c1-26(12-4-5-12)18(30)13-7-10(3-6-14(13)20)11-8-24-28(9-11)17-15(19(21,22)23)16(29)25-27(17)2/h3,6-9,12H,4-5H2,1-2H3,(H,25,29). The Labute approximate surface area is 173 Å². The number of carbonyl (C=O) groups is 1. The molecule has 0 atom stereocenters. The highest BCUT2D eigenvalue weighted by atomic mass is 35.5. The first kappa shape index (κ1) is 20.3. The molecule has 1 amide bonds. The summed E-state index contributed by atoms with van der Waals surface area (Å²) in [6.45, 7) is 0. The van der Waals surface area contributed by atoms with Gasteiger partial charge in [0.2, 0.25) is 0 Å². The molecule has 1 N–H and O–H groups in total. The van der Waals surface area contributed by atoms with Crippen LogP contribution in [0.2, 0.25) is 5.02 Å². The molecule has 0 aliphatic heterocycles. The molecule has 0 spiro atoms. The van der Waals surface area contributed by atoms with Crippen molar-refractivity contribution in [2.75, 3.05) is 7.05 Å². The van der Waals surface area contributed by atoms with Crippen molar-refractivity contribution in [3.05, 3.63) is 57.1 Å². The highest BCUT2D eigenvalue weighted by Crippen LogP contribution is 2.33. The Morgan fingerprint density at radius 2 is 2.00 bits per heavy atom. The Morgan fingerprint density at radius 3 is 2.63 bits per heavy atom. The molecule has 2 aromatic heterocycles. The van der Waals surface area contributed by atoms with E-state index >= 15 is 0 Å². The topological polar surface area (TPSA) is 75.9 Å². The number of amides is 1. The van der Waals surface area contributed by atoms with E-state index in [9.17, 15) is 22.8 Å². The minimum atomic E-state index is -4.84. The van der Waals surface area contributed by atoms with E-state index in [1.165, 1.54) is 19.4 Å². The first-order chi connectivity index (χ1) is 14.1. The molecule has 1 aliphatic carbocycles. The average Bonchev–Trinajstić information content (AvgIpc) is 3.32. The van der Waals surface area contributed by atoms with Crippen molar-refractivity contribution in [1.82, 2.24) is 24.5 Å². The first-order valence-corrected chi connectivity index (χ1v) is 9.44. The molecule has 3 aromatic rings. The normalized spacial score (nSPS) is 14.2. The molecule has 30 heavy (non-hydrogen) atoms. The molecule has 0 unspecified atom stereocenters. The average molecular weight is 440 g/mol. The van der Waals surface area contributed by atoms with Crippen LogP contribution in [0.4, 0.5) is 13.2 Å². The summed E-state index contributed by atoms with van der Waals surface area (Å²) in [5.41, 5.74) is -1.25. The van der Waals surface area contributed by atoms with Gasteiger partial charge in [0.05, 0.1) is 16.8 Å². The van der Waals surface area contributed by atoms with Crippen LogP contribution in [0.25, 0.3) is 16.9 Å². The molecular weight excluding hydrogens is 423 g/mol. The molecule has 7 nitrogen and oxygen atoms in total. The van der Waals surface area contributed by atoms with E-state index in [2.05, 4.69) is 10.2 Å². The number of aromatic nitrogens is 4. The number of rotatable bonds is 4. The molecule has 0 saturated heterocycles. The van der Waals surface area contributed by atoms with Gasteiger partial charge in [0.25, 0.3) is 11.5 Å². The Morgan fingerprint density at radius 1 is 1.30 bits per heavy atom. The van der Waals surface area contributed by atoms with Crippen molar-refractivity contribution >= 4 is 17.5 Å². The van der Waals surface area contributed by atoms with Gasteiger partial charge in [-0.2, -0.15) is 18.3 Å². The Bertz CT molecular complexity index is 1190. The number of alkyl halides is 3. The third-order valence-electron chi connectivity index (χ3n) is 5.07. The fourth-order valence-electron chi connectivity index (χ4n) is 3.33. The van der Waals surface area contributed by atoms with Crippen LogP contribution < -0.4 is 5.56 Å². The van der Waals surface area contributed by atoms with E-state index in [0.29, 0.717) is 16.7 Å². The van der Waals surface area contributed by atoms with E-state index in [-0.39, 0.29) is 17.0 Å². The number of aryl methyl sites for hydroxylation is 1. The van der Waals surface area contributed by atoms with Gasteiger partial charge >= 0.3 is 6.18 Å². The SMILES string of the molecule is CN(C(=O)c1cc(-c2cnn(-c3c(C(F)(F)F)c(=O)[nH]n3C)c2)ccc1Cl)C1CC1. The van der Waals surface area contributed by atoms with E-state index in [4.69, 9.17) is 11.6 Å². The minimum Gasteiger partial charge on any atom is -0.339 e. The number of benzene rings is 1. The van der Waals surface area contributed by atoms with Crippen molar-refractivity contribution in [1.29, 1.82) is 0 Å². The van der Waals surface area contributed by atoms with Crippen LogP contribution in [0.5, 0.6) is 0 Å². The molecule has 0 radical (unpaired) electrons. The second-order valence-corrected chi connectivity index (χ2v) is 7.62. The van der Waals surface area contributed by atoms with Crippen LogP contribution >= 0.6 is 11.6 Å². The lowest BCUT2D eigenvalue weighted by Crippen LogP contribution is -2.28. The summed E-state index contributed by atoms with van der Waals surface area (Å²) in [6, 6.07) is 5.01. The number of aromatic amines is 1. The third-order valence-corrected chi connectivity index (χ3v) is 5.40. The monoisotopic (exact) mass is 439 g/mol. The largest absolute Gasteiger partial charge is 0.425 e. The Kier molecular flexibility index (Phi) is 4.76. The van der Waals surface area contributed by atoms with Crippen molar-refractivity contribution in [2.45, 2.75) is 25.1 Å². The Balaban J connectivity index is 1.73. The van der Waals surface area contributed by atoms with E-state index in [1.807, 2.05) is 0 Å². The molecule has 1 saturated carbocycles. The predicted octanol–water partition coefficient (Wildman–Crippen LogP) is 3.47. The van der Waals surface area contributed by atoms with Crippen LogP contribution in [-0.4, -0.2) is 43.5 Å². The number of H-pyrrole nitrogens is 1. The number of hydrogen-bond acceptors (Lipinski definition) is 3. The fraction of sp³-hybridized carbons (Fsp3) is 0.316. The number of nitrogens with one attached hydrogen (secondary N) is 1. The zero-order chi connectivity index (χ0) is 21.8. The summed E-state index contributed by atoms with van der Waals surface area (Å²) in [7, 11) is 3.01.